The number of aryl methyl sites for hydroxylation is 2. The molecule has 0 heterocycles. The van der Waals surface area contributed by atoms with Crippen molar-refractivity contribution >= 4 is 0 Å². The van der Waals surface area contributed by atoms with Gasteiger partial charge in [-0.15, -0.1) is 0 Å². The lowest BCUT2D eigenvalue weighted by Crippen LogP contribution is -2.44. The second-order valence-electron chi connectivity index (χ2n) is 6.61. The van der Waals surface area contributed by atoms with E-state index in [2.05, 4.69) is 44.4 Å². The second-order valence-corrected chi connectivity index (χ2v) is 6.61. The first-order valence-electron chi connectivity index (χ1n) is 8.16. The molecule has 0 radical (unpaired) electrons. The molecule has 3 atom stereocenters. The van der Waals surface area contributed by atoms with Crippen molar-refractivity contribution in [3.05, 3.63) is 34.9 Å². The Morgan fingerprint density at radius 1 is 1.30 bits per heavy atom. The lowest BCUT2D eigenvalue weighted by Gasteiger charge is -2.34. The van der Waals surface area contributed by atoms with Crippen LogP contribution in [0.3, 0.4) is 0 Å². The van der Waals surface area contributed by atoms with Gasteiger partial charge in [0.15, 0.2) is 0 Å². The van der Waals surface area contributed by atoms with Crippen molar-refractivity contribution in [2.45, 2.75) is 65.3 Å². The predicted octanol–water partition coefficient (Wildman–Crippen LogP) is 3.89. The molecule has 1 saturated carbocycles. The molecule has 2 heteroatoms. The molecule has 0 saturated heterocycles. The largest absolute Gasteiger partial charge is 0.271 e. The number of rotatable bonds is 5. The molecule has 0 bridgehead atoms. The molecule has 1 fully saturated rings. The van der Waals surface area contributed by atoms with Crippen LogP contribution in [0.1, 0.15) is 55.7 Å². The number of hydrazine groups is 1. The van der Waals surface area contributed by atoms with E-state index in [9.17, 15) is 0 Å². The van der Waals surface area contributed by atoms with E-state index in [1.807, 2.05) is 0 Å². The quantitative estimate of drug-likeness (QED) is 0.631. The highest BCUT2D eigenvalue weighted by atomic mass is 15.2. The Labute approximate surface area is 124 Å². The molecule has 0 spiro atoms. The third kappa shape index (κ3) is 3.83. The summed E-state index contributed by atoms with van der Waals surface area (Å²) in [6.45, 7) is 6.70. The van der Waals surface area contributed by atoms with Crippen LogP contribution in [0, 0.1) is 25.7 Å². The van der Waals surface area contributed by atoms with E-state index in [-0.39, 0.29) is 0 Å². The van der Waals surface area contributed by atoms with Gasteiger partial charge in [-0.05, 0) is 56.1 Å². The molecular weight excluding hydrogens is 244 g/mol. The van der Waals surface area contributed by atoms with Crippen LogP contribution in [-0.2, 0) is 6.42 Å². The van der Waals surface area contributed by atoms with Gasteiger partial charge < -0.3 is 0 Å². The average Bonchev–Trinajstić information content (AvgIpc) is 2.48. The van der Waals surface area contributed by atoms with Crippen LogP contribution in [0.2, 0.25) is 0 Å². The molecule has 3 N–H and O–H groups in total. The van der Waals surface area contributed by atoms with E-state index < -0.39 is 0 Å². The van der Waals surface area contributed by atoms with Crippen LogP contribution >= 0.6 is 0 Å². The Morgan fingerprint density at radius 3 is 2.80 bits per heavy atom. The maximum atomic E-state index is 5.88. The smallest absolute Gasteiger partial charge is 0.0279 e. The second kappa shape index (κ2) is 7.24. The van der Waals surface area contributed by atoms with Gasteiger partial charge in [0.25, 0.3) is 0 Å². The summed E-state index contributed by atoms with van der Waals surface area (Å²) in [7, 11) is 0. The van der Waals surface area contributed by atoms with Crippen LogP contribution in [0.5, 0.6) is 0 Å². The lowest BCUT2D eigenvalue weighted by molar-refractivity contribution is 0.208. The van der Waals surface area contributed by atoms with E-state index in [0.717, 1.165) is 18.3 Å². The normalized spacial score (nSPS) is 24.6. The van der Waals surface area contributed by atoms with Gasteiger partial charge in [0.05, 0.1) is 0 Å². The van der Waals surface area contributed by atoms with Crippen molar-refractivity contribution in [1.82, 2.24) is 5.43 Å². The highest BCUT2D eigenvalue weighted by molar-refractivity contribution is 5.31. The summed E-state index contributed by atoms with van der Waals surface area (Å²) >= 11 is 0. The molecule has 2 nitrogen and oxygen atoms in total. The number of hydrogen-bond acceptors (Lipinski definition) is 2. The van der Waals surface area contributed by atoms with Gasteiger partial charge in [-0.2, -0.15) is 0 Å². The SMILES string of the molecule is CCC1CCCC(C(Cc2cc(C)ccc2C)NN)C1. The van der Waals surface area contributed by atoms with Crippen LogP contribution in [0.4, 0.5) is 0 Å². The summed E-state index contributed by atoms with van der Waals surface area (Å²) in [4.78, 5) is 0. The van der Waals surface area contributed by atoms with Crippen molar-refractivity contribution in [2.75, 3.05) is 0 Å². The number of benzene rings is 1. The van der Waals surface area contributed by atoms with Crippen LogP contribution in [0.25, 0.3) is 0 Å². The van der Waals surface area contributed by atoms with Gasteiger partial charge in [0.1, 0.15) is 0 Å². The molecule has 1 aromatic carbocycles. The fourth-order valence-corrected chi connectivity index (χ4v) is 3.69. The van der Waals surface area contributed by atoms with E-state index >= 15 is 0 Å². The van der Waals surface area contributed by atoms with E-state index in [4.69, 9.17) is 5.84 Å². The van der Waals surface area contributed by atoms with Crippen molar-refractivity contribution in [2.24, 2.45) is 17.7 Å². The molecule has 3 unspecified atom stereocenters. The predicted molar refractivity (Wildman–Crippen MR) is 86.5 cm³/mol. The fraction of sp³-hybridized carbons (Fsp3) is 0.667. The van der Waals surface area contributed by atoms with Gasteiger partial charge in [0.2, 0.25) is 0 Å². The number of nitrogens with one attached hydrogen (secondary N) is 1. The van der Waals surface area contributed by atoms with Crippen molar-refractivity contribution in [3.63, 3.8) is 0 Å². The van der Waals surface area contributed by atoms with Gasteiger partial charge >= 0.3 is 0 Å². The monoisotopic (exact) mass is 274 g/mol. The topological polar surface area (TPSA) is 38.0 Å². The van der Waals surface area contributed by atoms with Crippen molar-refractivity contribution in [3.8, 4) is 0 Å². The third-order valence-electron chi connectivity index (χ3n) is 5.13. The van der Waals surface area contributed by atoms with E-state index in [0.29, 0.717) is 6.04 Å². The van der Waals surface area contributed by atoms with Crippen LogP contribution in [-0.4, -0.2) is 6.04 Å². The van der Waals surface area contributed by atoms with Gasteiger partial charge in [-0.25, -0.2) is 0 Å². The molecule has 0 aromatic heterocycles. The first kappa shape index (κ1) is 15.5. The molecule has 112 valence electrons. The molecule has 1 aliphatic rings. The average molecular weight is 274 g/mol. The zero-order valence-electron chi connectivity index (χ0n) is 13.3. The Bertz CT molecular complexity index is 427. The van der Waals surface area contributed by atoms with Crippen LogP contribution in [0.15, 0.2) is 18.2 Å². The number of hydrogen-bond donors (Lipinski definition) is 2. The summed E-state index contributed by atoms with van der Waals surface area (Å²) in [6, 6.07) is 7.16. The zero-order valence-corrected chi connectivity index (χ0v) is 13.3. The minimum Gasteiger partial charge on any atom is -0.271 e. The van der Waals surface area contributed by atoms with Crippen LogP contribution < -0.4 is 11.3 Å². The minimum absolute atomic E-state index is 0.421. The summed E-state index contributed by atoms with van der Waals surface area (Å²) < 4.78 is 0. The molecular formula is C18H30N2. The summed E-state index contributed by atoms with van der Waals surface area (Å²) in [5.74, 6) is 7.52. The summed E-state index contributed by atoms with van der Waals surface area (Å²) in [6.07, 6.45) is 7.83. The minimum atomic E-state index is 0.421. The highest BCUT2D eigenvalue weighted by Gasteiger charge is 2.27. The Kier molecular flexibility index (Phi) is 5.62. The Balaban J connectivity index is 2.06. The fourth-order valence-electron chi connectivity index (χ4n) is 3.69. The molecule has 20 heavy (non-hydrogen) atoms. The lowest BCUT2D eigenvalue weighted by atomic mass is 9.75. The third-order valence-corrected chi connectivity index (χ3v) is 5.13. The molecule has 1 aromatic rings. The standard InChI is InChI=1S/C18H30N2/c1-4-15-6-5-7-16(11-15)18(20-19)12-17-10-13(2)8-9-14(17)3/h8-10,15-16,18,20H,4-7,11-12,19H2,1-3H3. The Hall–Kier alpha value is -0.860. The summed E-state index contributed by atoms with van der Waals surface area (Å²) in [5, 5.41) is 0. The molecule has 1 aliphatic carbocycles. The van der Waals surface area contributed by atoms with E-state index in [1.54, 1.807) is 0 Å². The highest BCUT2D eigenvalue weighted by Crippen LogP contribution is 2.33. The first-order chi connectivity index (χ1) is 9.63. The first-order valence-corrected chi connectivity index (χ1v) is 8.16. The zero-order chi connectivity index (χ0) is 14.5. The van der Waals surface area contributed by atoms with Gasteiger partial charge in [-0.3, -0.25) is 11.3 Å². The molecule has 0 aliphatic heterocycles. The maximum absolute atomic E-state index is 5.88. The summed E-state index contributed by atoms with van der Waals surface area (Å²) in [5.41, 5.74) is 7.29. The molecule has 0 amide bonds. The molecule has 2 rings (SSSR count). The van der Waals surface area contributed by atoms with Crippen molar-refractivity contribution < 1.29 is 0 Å². The number of nitrogens with two attached hydrogens (primary N) is 1. The van der Waals surface area contributed by atoms with Gasteiger partial charge in [-0.1, -0.05) is 49.9 Å². The maximum Gasteiger partial charge on any atom is 0.0279 e. The van der Waals surface area contributed by atoms with Gasteiger partial charge in [0, 0.05) is 6.04 Å². The van der Waals surface area contributed by atoms with E-state index in [1.165, 1.54) is 48.8 Å². The Morgan fingerprint density at radius 2 is 2.10 bits per heavy atom. The van der Waals surface area contributed by atoms with Crippen molar-refractivity contribution in [1.29, 1.82) is 0 Å².